The molecule has 1 aliphatic carbocycles. The van der Waals surface area contributed by atoms with Crippen molar-refractivity contribution in [1.29, 1.82) is 0 Å². The third-order valence-corrected chi connectivity index (χ3v) is 4.77. The Kier molecular flexibility index (Phi) is 6.46. The third kappa shape index (κ3) is 4.96. The van der Waals surface area contributed by atoms with Crippen LogP contribution < -0.4 is 10.1 Å². The van der Waals surface area contributed by atoms with Gasteiger partial charge in [-0.1, -0.05) is 38.8 Å². The maximum Gasteiger partial charge on any atom is 0.220 e. The average Bonchev–Trinajstić information content (AvgIpc) is 2.55. The molecule has 0 spiro atoms. The van der Waals surface area contributed by atoms with Crippen LogP contribution in [-0.4, -0.2) is 24.2 Å². The lowest BCUT2D eigenvalue weighted by atomic mass is 9.84. The first-order valence-electron chi connectivity index (χ1n) is 8.62. The fraction of sp³-hybridized carbons (Fsp3) is 0.632. The van der Waals surface area contributed by atoms with Crippen molar-refractivity contribution < 1.29 is 14.6 Å². The van der Waals surface area contributed by atoms with Crippen LogP contribution in [0.25, 0.3) is 0 Å². The van der Waals surface area contributed by atoms with E-state index < -0.39 is 0 Å². The van der Waals surface area contributed by atoms with Gasteiger partial charge < -0.3 is 15.2 Å². The summed E-state index contributed by atoms with van der Waals surface area (Å²) in [6, 6.07) is 7.82. The Morgan fingerprint density at radius 1 is 1.26 bits per heavy atom. The molecule has 2 rings (SSSR count). The fourth-order valence-electron chi connectivity index (χ4n) is 3.34. The number of hydrogen-bond donors (Lipinski definition) is 2. The molecule has 128 valence electrons. The van der Waals surface area contributed by atoms with Crippen molar-refractivity contribution in [1.82, 2.24) is 5.32 Å². The molecule has 0 aliphatic heterocycles. The standard InChI is InChI=1S/C19H29NO3/c1-13(2)19(14-8-10-16(23-3)11-9-14)20-18(22)12-15-6-4-5-7-17(15)21/h8-11,13,15,17,19,21H,4-7,12H2,1-3H3,(H,20,22)/t15-,17+,19?/m0/s1. The summed E-state index contributed by atoms with van der Waals surface area (Å²) in [7, 11) is 1.65. The summed E-state index contributed by atoms with van der Waals surface area (Å²) in [5.74, 6) is 1.24. The van der Waals surface area contributed by atoms with E-state index in [1.165, 1.54) is 0 Å². The Labute approximate surface area is 139 Å². The maximum absolute atomic E-state index is 12.4. The first-order chi connectivity index (χ1) is 11.0. The second-order valence-electron chi connectivity index (χ2n) is 6.88. The molecule has 1 amide bonds. The van der Waals surface area contributed by atoms with Crippen molar-refractivity contribution in [3.63, 3.8) is 0 Å². The predicted molar refractivity (Wildman–Crippen MR) is 91.3 cm³/mol. The van der Waals surface area contributed by atoms with Crippen LogP contribution in [0.4, 0.5) is 0 Å². The van der Waals surface area contributed by atoms with E-state index in [1.54, 1.807) is 7.11 Å². The minimum Gasteiger partial charge on any atom is -0.497 e. The van der Waals surface area contributed by atoms with Crippen molar-refractivity contribution in [2.45, 2.75) is 58.1 Å². The van der Waals surface area contributed by atoms with Crippen molar-refractivity contribution in [3.05, 3.63) is 29.8 Å². The molecule has 1 aromatic rings. The lowest BCUT2D eigenvalue weighted by Gasteiger charge is -2.29. The Balaban J connectivity index is 1.99. The molecule has 0 aromatic heterocycles. The van der Waals surface area contributed by atoms with E-state index in [9.17, 15) is 9.90 Å². The van der Waals surface area contributed by atoms with Crippen molar-refractivity contribution in [2.24, 2.45) is 11.8 Å². The Morgan fingerprint density at radius 3 is 2.48 bits per heavy atom. The first kappa shape index (κ1) is 17.8. The topological polar surface area (TPSA) is 58.6 Å². The van der Waals surface area contributed by atoms with Crippen LogP contribution in [0, 0.1) is 11.8 Å². The van der Waals surface area contributed by atoms with Crippen molar-refractivity contribution in [3.8, 4) is 5.75 Å². The third-order valence-electron chi connectivity index (χ3n) is 4.77. The molecule has 3 atom stereocenters. The molecule has 23 heavy (non-hydrogen) atoms. The second kappa shape index (κ2) is 8.34. The number of nitrogens with one attached hydrogen (secondary N) is 1. The molecule has 0 radical (unpaired) electrons. The molecule has 1 saturated carbocycles. The van der Waals surface area contributed by atoms with Gasteiger partial charge in [-0.05, 0) is 42.4 Å². The van der Waals surface area contributed by atoms with Crippen molar-refractivity contribution in [2.75, 3.05) is 7.11 Å². The van der Waals surface area contributed by atoms with E-state index in [0.29, 0.717) is 12.3 Å². The molecule has 2 N–H and O–H groups in total. The zero-order valence-electron chi connectivity index (χ0n) is 14.4. The smallest absolute Gasteiger partial charge is 0.220 e. The highest BCUT2D eigenvalue weighted by atomic mass is 16.5. The monoisotopic (exact) mass is 319 g/mol. The first-order valence-corrected chi connectivity index (χ1v) is 8.62. The summed E-state index contributed by atoms with van der Waals surface area (Å²) in [4.78, 5) is 12.4. The molecule has 4 nitrogen and oxygen atoms in total. The summed E-state index contributed by atoms with van der Waals surface area (Å²) in [5, 5.41) is 13.2. The van der Waals surface area contributed by atoms with Crippen LogP contribution in [-0.2, 0) is 4.79 Å². The Bertz CT molecular complexity index is 498. The molecule has 0 heterocycles. The zero-order valence-corrected chi connectivity index (χ0v) is 14.4. The molecule has 1 unspecified atom stereocenters. The minimum atomic E-state index is -0.326. The fourth-order valence-corrected chi connectivity index (χ4v) is 3.34. The van der Waals surface area contributed by atoms with E-state index in [4.69, 9.17) is 4.74 Å². The van der Waals surface area contributed by atoms with Crippen LogP contribution in [0.3, 0.4) is 0 Å². The van der Waals surface area contributed by atoms with Gasteiger partial charge in [-0.2, -0.15) is 0 Å². The van der Waals surface area contributed by atoms with E-state index in [2.05, 4.69) is 19.2 Å². The van der Waals surface area contributed by atoms with E-state index >= 15 is 0 Å². The van der Waals surface area contributed by atoms with Gasteiger partial charge in [0.2, 0.25) is 5.91 Å². The van der Waals surface area contributed by atoms with Gasteiger partial charge in [-0.3, -0.25) is 4.79 Å². The summed E-state index contributed by atoms with van der Waals surface area (Å²) >= 11 is 0. The number of ether oxygens (including phenoxy) is 1. The van der Waals surface area contributed by atoms with Crippen molar-refractivity contribution >= 4 is 5.91 Å². The van der Waals surface area contributed by atoms with E-state index in [0.717, 1.165) is 37.0 Å². The molecular weight excluding hydrogens is 290 g/mol. The van der Waals surface area contributed by atoms with Gasteiger partial charge in [0.25, 0.3) is 0 Å². The number of amides is 1. The van der Waals surface area contributed by atoms with E-state index in [-0.39, 0.29) is 24.0 Å². The highest BCUT2D eigenvalue weighted by Gasteiger charge is 2.27. The number of methoxy groups -OCH3 is 1. The summed E-state index contributed by atoms with van der Waals surface area (Å²) < 4.78 is 5.19. The number of rotatable bonds is 6. The lowest BCUT2D eigenvalue weighted by Crippen LogP contribution is -2.35. The normalized spacial score (nSPS) is 22.7. The van der Waals surface area contributed by atoms with Crippen LogP contribution >= 0.6 is 0 Å². The number of carbonyl (C=O) groups is 1. The molecule has 1 aromatic carbocycles. The van der Waals surface area contributed by atoms with Crippen LogP contribution in [0.1, 0.15) is 57.6 Å². The minimum absolute atomic E-state index is 0.0193. The highest BCUT2D eigenvalue weighted by molar-refractivity contribution is 5.76. The lowest BCUT2D eigenvalue weighted by molar-refractivity contribution is -0.124. The van der Waals surface area contributed by atoms with Gasteiger partial charge in [0.05, 0.1) is 19.3 Å². The molecular formula is C19H29NO3. The SMILES string of the molecule is COc1ccc(C(NC(=O)C[C@@H]2CCCC[C@H]2O)C(C)C)cc1. The number of aliphatic hydroxyl groups is 1. The van der Waals surface area contributed by atoms with Crippen LogP contribution in [0.2, 0.25) is 0 Å². The van der Waals surface area contributed by atoms with Gasteiger partial charge in [-0.15, -0.1) is 0 Å². The quantitative estimate of drug-likeness (QED) is 0.844. The van der Waals surface area contributed by atoms with Gasteiger partial charge in [0.15, 0.2) is 0 Å². The highest BCUT2D eigenvalue weighted by Crippen LogP contribution is 2.28. The maximum atomic E-state index is 12.4. The van der Waals surface area contributed by atoms with Gasteiger partial charge in [0.1, 0.15) is 5.75 Å². The molecule has 1 fully saturated rings. The second-order valence-corrected chi connectivity index (χ2v) is 6.88. The number of hydrogen-bond acceptors (Lipinski definition) is 3. The van der Waals surface area contributed by atoms with Crippen LogP contribution in [0.5, 0.6) is 5.75 Å². The Morgan fingerprint density at radius 2 is 1.91 bits per heavy atom. The number of aliphatic hydroxyl groups excluding tert-OH is 1. The number of carbonyl (C=O) groups excluding carboxylic acids is 1. The summed E-state index contributed by atoms with van der Waals surface area (Å²) in [5.41, 5.74) is 1.08. The summed E-state index contributed by atoms with van der Waals surface area (Å²) in [6.07, 6.45) is 4.04. The van der Waals surface area contributed by atoms with Gasteiger partial charge >= 0.3 is 0 Å². The van der Waals surface area contributed by atoms with Gasteiger partial charge in [0, 0.05) is 6.42 Å². The summed E-state index contributed by atoms with van der Waals surface area (Å²) in [6.45, 7) is 4.20. The van der Waals surface area contributed by atoms with Crippen LogP contribution in [0.15, 0.2) is 24.3 Å². The van der Waals surface area contributed by atoms with E-state index in [1.807, 2.05) is 24.3 Å². The molecule has 0 bridgehead atoms. The predicted octanol–water partition coefficient (Wildman–Crippen LogP) is 3.45. The largest absolute Gasteiger partial charge is 0.497 e. The number of benzene rings is 1. The molecule has 0 saturated heterocycles. The zero-order chi connectivity index (χ0) is 16.8. The van der Waals surface area contributed by atoms with Gasteiger partial charge in [-0.25, -0.2) is 0 Å². The average molecular weight is 319 g/mol. The molecule has 1 aliphatic rings. The Hall–Kier alpha value is -1.55. The molecule has 4 heteroatoms.